The van der Waals surface area contributed by atoms with E-state index < -0.39 is 10.0 Å². The molecule has 114 valence electrons. The van der Waals surface area contributed by atoms with Crippen molar-refractivity contribution in [3.05, 3.63) is 35.2 Å². The van der Waals surface area contributed by atoms with Crippen molar-refractivity contribution in [3.63, 3.8) is 0 Å². The van der Waals surface area contributed by atoms with E-state index in [1.807, 2.05) is 30.8 Å². The third-order valence-electron chi connectivity index (χ3n) is 3.63. The molecule has 1 fully saturated rings. The van der Waals surface area contributed by atoms with Crippen molar-refractivity contribution in [2.75, 3.05) is 19.6 Å². The SMILES string of the molecule is Cc1ccc(S(=O)(=O)N2CCNCC2c2nccn2C)s1. The minimum absolute atomic E-state index is 0.272. The summed E-state index contributed by atoms with van der Waals surface area (Å²) >= 11 is 1.31. The molecule has 1 saturated heterocycles. The summed E-state index contributed by atoms with van der Waals surface area (Å²) in [5.41, 5.74) is 0. The number of nitrogens with one attached hydrogen (secondary N) is 1. The van der Waals surface area contributed by atoms with Crippen LogP contribution < -0.4 is 5.32 Å². The van der Waals surface area contributed by atoms with Gasteiger partial charge in [0.05, 0.1) is 6.04 Å². The number of sulfonamides is 1. The molecule has 3 rings (SSSR count). The van der Waals surface area contributed by atoms with Crippen LogP contribution in [0.1, 0.15) is 16.7 Å². The molecular weight excluding hydrogens is 308 g/mol. The fourth-order valence-corrected chi connectivity index (χ4v) is 5.56. The Morgan fingerprint density at radius 3 is 2.86 bits per heavy atom. The number of aryl methyl sites for hydroxylation is 2. The summed E-state index contributed by atoms with van der Waals surface area (Å²) in [4.78, 5) is 5.32. The predicted molar refractivity (Wildman–Crippen MR) is 81.8 cm³/mol. The molecule has 0 saturated carbocycles. The summed E-state index contributed by atoms with van der Waals surface area (Å²) < 4.78 is 29.6. The molecule has 1 aliphatic heterocycles. The maximum absolute atomic E-state index is 12.9. The fraction of sp³-hybridized carbons (Fsp3) is 0.462. The molecule has 2 aromatic heterocycles. The lowest BCUT2D eigenvalue weighted by Gasteiger charge is -2.34. The molecule has 21 heavy (non-hydrogen) atoms. The van der Waals surface area contributed by atoms with E-state index in [0.717, 1.165) is 10.7 Å². The van der Waals surface area contributed by atoms with Crippen molar-refractivity contribution in [1.29, 1.82) is 0 Å². The van der Waals surface area contributed by atoms with Gasteiger partial charge in [0.1, 0.15) is 10.0 Å². The Kier molecular flexibility index (Phi) is 3.87. The Labute approximate surface area is 128 Å². The molecule has 1 unspecified atom stereocenters. The van der Waals surface area contributed by atoms with Crippen molar-refractivity contribution >= 4 is 21.4 Å². The second-order valence-corrected chi connectivity index (χ2v) is 8.50. The van der Waals surface area contributed by atoms with Crippen molar-refractivity contribution in [3.8, 4) is 0 Å². The number of thiophene rings is 1. The largest absolute Gasteiger partial charge is 0.337 e. The van der Waals surface area contributed by atoms with Crippen LogP contribution in [-0.2, 0) is 17.1 Å². The lowest BCUT2D eigenvalue weighted by atomic mass is 10.2. The minimum atomic E-state index is -3.47. The lowest BCUT2D eigenvalue weighted by Crippen LogP contribution is -2.49. The number of hydrogen-bond acceptors (Lipinski definition) is 5. The standard InChI is InChI=1S/C13H18N4O2S2/c1-10-3-4-12(20-10)21(18,19)17-8-5-14-9-11(17)13-15-6-7-16(13)2/h3-4,6-7,11,14H,5,8-9H2,1-2H3. The number of nitrogens with zero attached hydrogens (tertiary/aromatic N) is 3. The summed E-state index contributed by atoms with van der Waals surface area (Å²) in [5.74, 6) is 0.763. The first kappa shape index (κ1) is 14.7. The van der Waals surface area contributed by atoms with Crippen LogP contribution in [0, 0.1) is 6.92 Å². The molecule has 1 atom stereocenters. The van der Waals surface area contributed by atoms with Gasteiger partial charge in [-0.3, -0.25) is 0 Å². The molecule has 3 heterocycles. The van der Waals surface area contributed by atoms with Gasteiger partial charge in [-0.1, -0.05) is 0 Å². The summed E-state index contributed by atoms with van der Waals surface area (Å²) in [5, 5.41) is 3.25. The van der Waals surface area contributed by atoms with Gasteiger partial charge in [-0.25, -0.2) is 13.4 Å². The molecular formula is C13H18N4O2S2. The molecule has 2 aromatic rings. The average molecular weight is 326 g/mol. The van der Waals surface area contributed by atoms with E-state index in [1.165, 1.54) is 11.3 Å². The van der Waals surface area contributed by atoms with Crippen LogP contribution in [0.2, 0.25) is 0 Å². The molecule has 1 aliphatic rings. The van der Waals surface area contributed by atoms with Gasteiger partial charge in [0.2, 0.25) is 0 Å². The predicted octanol–water partition coefficient (Wildman–Crippen LogP) is 1.13. The second-order valence-electron chi connectivity index (χ2n) is 5.10. The van der Waals surface area contributed by atoms with E-state index in [-0.39, 0.29) is 6.04 Å². The Hall–Kier alpha value is -1.22. The number of imidazole rings is 1. The maximum atomic E-state index is 12.9. The van der Waals surface area contributed by atoms with Crippen molar-refractivity contribution in [2.45, 2.75) is 17.2 Å². The highest BCUT2D eigenvalue weighted by molar-refractivity contribution is 7.91. The van der Waals surface area contributed by atoms with Gasteiger partial charge in [0, 0.05) is 44.0 Å². The zero-order valence-corrected chi connectivity index (χ0v) is 13.6. The number of aromatic nitrogens is 2. The second kappa shape index (κ2) is 5.53. The van der Waals surface area contributed by atoms with Gasteiger partial charge in [-0.2, -0.15) is 4.31 Å². The topological polar surface area (TPSA) is 67.2 Å². The first-order valence-corrected chi connectivity index (χ1v) is 9.02. The Morgan fingerprint density at radius 2 is 2.24 bits per heavy atom. The van der Waals surface area contributed by atoms with Gasteiger partial charge in [0.25, 0.3) is 10.0 Å². The molecule has 1 N–H and O–H groups in total. The number of hydrogen-bond donors (Lipinski definition) is 1. The number of piperazine rings is 1. The average Bonchev–Trinajstić information content (AvgIpc) is 3.08. The van der Waals surface area contributed by atoms with E-state index in [1.54, 1.807) is 16.6 Å². The minimum Gasteiger partial charge on any atom is -0.337 e. The Balaban J connectivity index is 2.00. The third kappa shape index (κ3) is 2.64. The quantitative estimate of drug-likeness (QED) is 0.918. The van der Waals surface area contributed by atoms with E-state index in [4.69, 9.17) is 0 Å². The van der Waals surface area contributed by atoms with Gasteiger partial charge >= 0.3 is 0 Å². The van der Waals surface area contributed by atoms with Crippen LogP contribution in [0.3, 0.4) is 0 Å². The number of rotatable bonds is 3. The highest BCUT2D eigenvalue weighted by Crippen LogP contribution is 2.31. The Bertz CT molecular complexity index is 735. The van der Waals surface area contributed by atoms with Crippen LogP contribution in [0.4, 0.5) is 0 Å². The highest BCUT2D eigenvalue weighted by atomic mass is 32.2. The van der Waals surface area contributed by atoms with E-state index in [2.05, 4.69) is 10.3 Å². The van der Waals surface area contributed by atoms with Crippen LogP contribution >= 0.6 is 11.3 Å². The smallest absolute Gasteiger partial charge is 0.253 e. The van der Waals surface area contributed by atoms with Crippen LogP contribution in [0.5, 0.6) is 0 Å². The summed E-state index contributed by atoms with van der Waals surface area (Å²) in [7, 11) is -1.59. The van der Waals surface area contributed by atoms with Crippen LogP contribution in [-0.4, -0.2) is 41.9 Å². The zero-order valence-electron chi connectivity index (χ0n) is 12.0. The third-order valence-corrected chi connectivity index (χ3v) is 7.01. The summed E-state index contributed by atoms with van der Waals surface area (Å²) in [6.45, 7) is 3.60. The lowest BCUT2D eigenvalue weighted by molar-refractivity contribution is 0.259. The van der Waals surface area contributed by atoms with Crippen LogP contribution in [0.25, 0.3) is 0 Å². The normalized spacial score (nSPS) is 20.8. The van der Waals surface area contributed by atoms with Crippen LogP contribution in [0.15, 0.2) is 28.7 Å². The molecule has 0 aliphatic carbocycles. The highest BCUT2D eigenvalue weighted by Gasteiger charge is 2.36. The summed E-state index contributed by atoms with van der Waals surface area (Å²) in [6.07, 6.45) is 3.54. The van der Waals surface area contributed by atoms with Gasteiger partial charge in [-0.15, -0.1) is 11.3 Å². The molecule has 8 heteroatoms. The Morgan fingerprint density at radius 1 is 1.43 bits per heavy atom. The van der Waals surface area contributed by atoms with E-state index in [0.29, 0.717) is 23.8 Å². The zero-order chi connectivity index (χ0) is 15.0. The molecule has 0 spiro atoms. The molecule has 0 amide bonds. The fourth-order valence-electron chi connectivity index (χ4n) is 2.56. The van der Waals surface area contributed by atoms with E-state index >= 15 is 0 Å². The molecule has 0 bridgehead atoms. The van der Waals surface area contributed by atoms with Crippen molar-refractivity contribution < 1.29 is 8.42 Å². The molecule has 0 aromatic carbocycles. The van der Waals surface area contributed by atoms with E-state index in [9.17, 15) is 8.42 Å². The van der Waals surface area contributed by atoms with Gasteiger partial charge in [-0.05, 0) is 19.1 Å². The first-order chi connectivity index (χ1) is 10.00. The van der Waals surface area contributed by atoms with Crippen molar-refractivity contribution in [1.82, 2.24) is 19.2 Å². The van der Waals surface area contributed by atoms with Crippen molar-refractivity contribution in [2.24, 2.45) is 7.05 Å². The molecule has 6 nitrogen and oxygen atoms in total. The first-order valence-electron chi connectivity index (χ1n) is 6.76. The molecule has 0 radical (unpaired) electrons. The van der Waals surface area contributed by atoms with Gasteiger partial charge < -0.3 is 9.88 Å². The monoisotopic (exact) mass is 326 g/mol. The van der Waals surface area contributed by atoms with Gasteiger partial charge in [0.15, 0.2) is 0 Å². The summed E-state index contributed by atoms with van der Waals surface area (Å²) in [6, 6.07) is 3.26. The maximum Gasteiger partial charge on any atom is 0.253 e.